The second-order valence-corrected chi connectivity index (χ2v) is 5.38. The second kappa shape index (κ2) is 8.52. The van der Waals surface area contributed by atoms with E-state index in [1.807, 2.05) is 0 Å². The number of esters is 1. The van der Waals surface area contributed by atoms with E-state index in [1.54, 1.807) is 25.1 Å². The monoisotopic (exact) mass is 343 g/mol. The Hall–Kier alpha value is -2.09. The van der Waals surface area contributed by atoms with E-state index >= 15 is 0 Å². The summed E-state index contributed by atoms with van der Waals surface area (Å²) in [6, 6.07) is 4.98. The summed E-state index contributed by atoms with van der Waals surface area (Å²) in [5.74, 6) is 0.450. The van der Waals surface area contributed by atoms with Crippen LogP contribution in [0.2, 0.25) is 0 Å². The molecule has 1 aromatic heterocycles. The summed E-state index contributed by atoms with van der Waals surface area (Å²) in [7, 11) is 0. The van der Waals surface area contributed by atoms with E-state index in [9.17, 15) is 13.6 Å². The lowest BCUT2D eigenvalue weighted by Crippen LogP contribution is -2.14. The van der Waals surface area contributed by atoms with Gasteiger partial charge in [-0.3, -0.25) is 0 Å². The van der Waals surface area contributed by atoms with Crippen molar-refractivity contribution in [3.05, 3.63) is 30.4 Å². The average molecular weight is 343 g/mol. The summed E-state index contributed by atoms with van der Waals surface area (Å²) in [5.41, 5.74) is 1.13. The first-order chi connectivity index (χ1) is 11.1. The van der Waals surface area contributed by atoms with Gasteiger partial charge in [-0.05, 0) is 31.6 Å². The number of thioether (sulfide) groups is 1. The first-order valence-electron chi connectivity index (χ1n) is 6.91. The van der Waals surface area contributed by atoms with Gasteiger partial charge in [-0.15, -0.1) is 0 Å². The highest BCUT2D eigenvalue weighted by Crippen LogP contribution is 2.27. The lowest BCUT2D eigenvalue weighted by atomic mass is 10.3. The predicted molar refractivity (Wildman–Crippen MR) is 81.8 cm³/mol. The Labute approximate surface area is 135 Å². The summed E-state index contributed by atoms with van der Waals surface area (Å²) < 4.78 is 39.4. The average Bonchev–Trinajstić information content (AvgIpc) is 2.91. The van der Waals surface area contributed by atoms with Gasteiger partial charge in [0.1, 0.15) is 11.3 Å². The molecular formula is C15H15F2NO4S. The molecule has 0 aliphatic carbocycles. The molecule has 1 heterocycles. The quantitative estimate of drug-likeness (QED) is 0.410. The first kappa shape index (κ1) is 17.3. The molecule has 2 rings (SSSR count). The number of fused-ring (bicyclic) bond motifs is 1. The van der Waals surface area contributed by atoms with Crippen molar-refractivity contribution in [2.45, 2.75) is 18.6 Å². The lowest BCUT2D eigenvalue weighted by molar-refractivity contribution is -0.145. The highest BCUT2D eigenvalue weighted by Gasteiger charge is 2.09. The standard InChI is InChI=1S/C15H15F2NO4S/c1-2-20-14(19)9-21-10-5-6-11-12(8-10)22-15(18-11)23-7-3-4-13(16)17/h4-6,8H,2-3,7,9H2,1H3. The van der Waals surface area contributed by atoms with Crippen molar-refractivity contribution in [1.29, 1.82) is 0 Å². The number of benzene rings is 1. The Morgan fingerprint density at radius 3 is 3.00 bits per heavy atom. The molecule has 0 radical (unpaired) electrons. The number of rotatable bonds is 8. The van der Waals surface area contributed by atoms with Crippen LogP contribution in [0.1, 0.15) is 13.3 Å². The Kier molecular flexibility index (Phi) is 6.40. The maximum Gasteiger partial charge on any atom is 0.344 e. The molecule has 1 aromatic carbocycles. The van der Waals surface area contributed by atoms with Crippen molar-refractivity contribution >= 4 is 28.8 Å². The molecule has 0 saturated carbocycles. The first-order valence-corrected chi connectivity index (χ1v) is 7.90. The normalized spacial score (nSPS) is 10.6. The second-order valence-electron chi connectivity index (χ2n) is 4.33. The molecule has 0 atom stereocenters. The van der Waals surface area contributed by atoms with Crippen molar-refractivity contribution in [3.8, 4) is 5.75 Å². The van der Waals surface area contributed by atoms with Crippen molar-refractivity contribution < 1.29 is 27.5 Å². The number of carbonyl (C=O) groups is 1. The van der Waals surface area contributed by atoms with Crippen LogP contribution < -0.4 is 4.74 Å². The molecule has 0 unspecified atom stereocenters. The number of hydrogen-bond donors (Lipinski definition) is 0. The molecular weight excluding hydrogens is 328 g/mol. The molecule has 0 saturated heterocycles. The number of allylic oxidation sites excluding steroid dienone is 1. The third kappa shape index (κ3) is 5.55. The van der Waals surface area contributed by atoms with Crippen LogP contribution in [0.25, 0.3) is 11.1 Å². The van der Waals surface area contributed by atoms with Crippen LogP contribution in [0, 0.1) is 0 Å². The van der Waals surface area contributed by atoms with Gasteiger partial charge in [0.2, 0.25) is 0 Å². The van der Waals surface area contributed by atoms with Crippen LogP contribution in [-0.4, -0.2) is 29.9 Å². The van der Waals surface area contributed by atoms with Crippen LogP contribution in [0.4, 0.5) is 8.78 Å². The molecule has 0 amide bonds. The highest BCUT2D eigenvalue weighted by atomic mass is 32.2. The van der Waals surface area contributed by atoms with Crippen molar-refractivity contribution in [2.75, 3.05) is 19.0 Å². The van der Waals surface area contributed by atoms with Crippen molar-refractivity contribution in [2.24, 2.45) is 0 Å². The fraction of sp³-hybridized carbons (Fsp3) is 0.333. The number of carbonyl (C=O) groups excluding carboxylic acids is 1. The van der Waals surface area contributed by atoms with Crippen LogP contribution in [0.3, 0.4) is 0 Å². The predicted octanol–water partition coefficient (Wildman–Crippen LogP) is 4.03. The van der Waals surface area contributed by atoms with Crippen molar-refractivity contribution in [3.63, 3.8) is 0 Å². The van der Waals surface area contributed by atoms with Gasteiger partial charge in [0.05, 0.1) is 6.61 Å². The van der Waals surface area contributed by atoms with Gasteiger partial charge >= 0.3 is 5.97 Å². The Bertz CT molecular complexity index is 698. The summed E-state index contributed by atoms with van der Waals surface area (Å²) in [5, 5.41) is 0.398. The van der Waals surface area contributed by atoms with E-state index in [4.69, 9.17) is 13.9 Å². The van der Waals surface area contributed by atoms with Crippen LogP contribution in [0.5, 0.6) is 5.75 Å². The minimum atomic E-state index is -1.69. The van der Waals surface area contributed by atoms with E-state index in [0.717, 1.165) is 6.08 Å². The number of oxazole rings is 1. The fourth-order valence-corrected chi connectivity index (χ4v) is 2.42. The molecule has 5 nitrogen and oxygen atoms in total. The Balaban J connectivity index is 1.94. The molecule has 124 valence electrons. The third-order valence-electron chi connectivity index (χ3n) is 2.64. The summed E-state index contributed by atoms with van der Waals surface area (Å²) in [4.78, 5) is 15.5. The number of nitrogens with zero attached hydrogens (tertiary/aromatic N) is 1. The Morgan fingerprint density at radius 1 is 1.43 bits per heavy atom. The maximum atomic E-state index is 11.9. The van der Waals surface area contributed by atoms with E-state index in [-0.39, 0.29) is 13.0 Å². The number of aromatic nitrogens is 1. The molecule has 0 fully saturated rings. The molecule has 0 N–H and O–H groups in total. The molecule has 0 bridgehead atoms. The zero-order valence-electron chi connectivity index (χ0n) is 12.4. The number of ether oxygens (including phenoxy) is 2. The molecule has 0 spiro atoms. The molecule has 23 heavy (non-hydrogen) atoms. The fourth-order valence-electron chi connectivity index (χ4n) is 1.69. The third-order valence-corrected chi connectivity index (χ3v) is 3.51. The van der Waals surface area contributed by atoms with E-state index in [2.05, 4.69) is 4.98 Å². The smallest absolute Gasteiger partial charge is 0.344 e. The van der Waals surface area contributed by atoms with Gasteiger partial charge in [-0.1, -0.05) is 11.8 Å². The summed E-state index contributed by atoms with van der Waals surface area (Å²) in [6.45, 7) is 1.83. The lowest BCUT2D eigenvalue weighted by Gasteiger charge is -2.04. The van der Waals surface area contributed by atoms with E-state index in [1.165, 1.54) is 11.8 Å². The topological polar surface area (TPSA) is 61.6 Å². The van der Waals surface area contributed by atoms with Gasteiger partial charge in [0, 0.05) is 11.8 Å². The summed E-state index contributed by atoms with van der Waals surface area (Å²) in [6.07, 6.45) is -0.595. The summed E-state index contributed by atoms with van der Waals surface area (Å²) >= 11 is 1.25. The van der Waals surface area contributed by atoms with Crippen LogP contribution >= 0.6 is 11.8 Å². The van der Waals surface area contributed by atoms with Gasteiger partial charge in [0.15, 0.2) is 12.2 Å². The van der Waals surface area contributed by atoms with E-state index < -0.39 is 12.0 Å². The van der Waals surface area contributed by atoms with Crippen molar-refractivity contribution in [1.82, 2.24) is 4.98 Å². The zero-order chi connectivity index (χ0) is 16.7. The SMILES string of the molecule is CCOC(=O)COc1ccc2nc(SCCC=C(F)F)oc2c1. The minimum absolute atomic E-state index is 0.184. The van der Waals surface area contributed by atoms with E-state index in [0.29, 0.717) is 34.4 Å². The zero-order valence-corrected chi connectivity index (χ0v) is 13.2. The van der Waals surface area contributed by atoms with Gasteiger partial charge in [0.25, 0.3) is 11.3 Å². The van der Waals surface area contributed by atoms with Gasteiger partial charge in [-0.2, -0.15) is 8.78 Å². The van der Waals surface area contributed by atoms with Crippen LogP contribution in [-0.2, 0) is 9.53 Å². The molecule has 0 aliphatic heterocycles. The number of halogens is 2. The minimum Gasteiger partial charge on any atom is -0.482 e. The molecule has 0 aliphatic rings. The molecule has 8 heteroatoms. The maximum absolute atomic E-state index is 11.9. The Morgan fingerprint density at radius 2 is 2.26 bits per heavy atom. The van der Waals surface area contributed by atoms with Gasteiger partial charge in [-0.25, -0.2) is 9.78 Å². The van der Waals surface area contributed by atoms with Gasteiger partial charge < -0.3 is 13.9 Å². The highest BCUT2D eigenvalue weighted by molar-refractivity contribution is 7.99. The van der Waals surface area contributed by atoms with Crippen LogP contribution in [0.15, 0.2) is 40.0 Å². The number of hydrogen-bond acceptors (Lipinski definition) is 6. The molecule has 2 aromatic rings. The largest absolute Gasteiger partial charge is 0.482 e.